The Hall–Kier alpha value is -4.57. The lowest BCUT2D eigenvalue weighted by atomic mass is 9.81. The molecule has 3 saturated carbocycles. The molecule has 0 radical (unpaired) electrons. The number of alkyl halides is 1. The predicted molar refractivity (Wildman–Crippen MR) is 172 cm³/mol. The first kappa shape index (κ1) is 29.8. The van der Waals surface area contributed by atoms with E-state index in [4.69, 9.17) is 9.72 Å². The lowest BCUT2D eigenvalue weighted by Gasteiger charge is -2.42. The minimum Gasteiger partial charge on any atom is -0.476 e. The molecule has 1 amide bonds. The van der Waals surface area contributed by atoms with Crippen LogP contribution in [0.5, 0.6) is 5.88 Å². The summed E-state index contributed by atoms with van der Waals surface area (Å²) in [6.07, 6.45) is 7.88. The van der Waals surface area contributed by atoms with Crippen LogP contribution in [0.4, 0.5) is 14.5 Å². The van der Waals surface area contributed by atoms with Crippen molar-refractivity contribution in [3.63, 3.8) is 0 Å². The van der Waals surface area contributed by atoms with Crippen LogP contribution in [0.1, 0.15) is 67.6 Å². The average Bonchev–Trinajstić information content (AvgIpc) is 3.40. The van der Waals surface area contributed by atoms with Crippen molar-refractivity contribution in [1.29, 1.82) is 10.5 Å². The van der Waals surface area contributed by atoms with Gasteiger partial charge in [-0.1, -0.05) is 31.2 Å². The Morgan fingerprint density at radius 1 is 1.26 bits per heavy atom. The van der Waals surface area contributed by atoms with Crippen LogP contribution in [0, 0.1) is 45.7 Å². The van der Waals surface area contributed by atoms with E-state index >= 15 is 4.39 Å². The molecule has 1 saturated heterocycles. The van der Waals surface area contributed by atoms with Crippen molar-refractivity contribution >= 4 is 22.5 Å². The van der Waals surface area contributed by atoms with Crippen LogP contribution in [-0.2, 0) is 11.2 Å². The Bertz CT molecular complexity index is 1900. The van der Waals surface area contributed by atoms with Gasteiger partial charge in [0, 0.05) is 42.2 Å². The van der Waals surface area contributed by atoms with Crippen molar-refractivity contribution in [3.8, 4) is 29.3 Å². The molecule has 240 valence electrons. The summed E-state index contributed by atoms with van der Waals surface area (Å²) < 4.78 is 37.9. The number of carbonyl (C=O) groups excluding carboxylic acids is 1. The average molecular weight is 635 g/mol. The molecule has 3 heterocycles. The first-order chi connectivity index (χ1) is 22.9. The molecule has 4 aliphatic carbocycles. The fraction of sp³-hybridized carbons (Fsp3) is 0.486. The van der Waals surface area contributed by atoms with Gasteiger partial charge in [0.15, 0.2) is 5.82 Å². The van der Waals surface area contributed by atoms with E-state index in [1.807, 2.05) is 17.0 Å². The lowest BCUT2D eigenvalue weighted by molar-refractivity contribution is -0.128. The van der Waals surface area contributed by atoms with Gasteiger partial charge in [-0.3, -0.25) is 9.78 Å². The second-order valence-electron chi connectivity index (χ2n) is 14.1. The lowest BCUT2D eigenvalue weighted by Crippen LogP contribution is -2.55. The number of nitriles is 2. The monoisotopic (exact) mass is 634 g/mol. The number of nitrogens with zero attached hydrogens (tertiary/aromatic N) is 6. The molecule has 8 rings (SSSR count). The minimum atomic E-state index is -0.879. The molecule has 1 aromatic carbocycles. The first-order valence-electron chi connectivity index (χ1n) is 16.7. The Kier molecular flexibility index (Phi) is 7.16. The highest BCUT2D eigenvalue weighted by Gasteiger charge is 2.51. The SMILES string of the molecule is C=CC(=O)N1CCN(c2c(C#N)c(OCC34CCCC3C[C@H](F)C4)nc3c(F)c(-c4cccc5c4C4CC4C5)ncc23)C[C@@H]1CC#N. The molecule has 1 aliphatic heterocycles. The zero-order valence-electron chi connectivity index (χ0n) is 26.2. The van der Waals surface area contributed by atoms with Crippen LogP contribution in [0.2, 0.25) is 0 Å². The number of piperazine rings is 1. The first-order valence-corrected chi connectivity index (χ1v) is 16.7. The van der Waals surface area contributed by atoms with Crippen molar-refractivity contribution in [2.24, 2.45) is 17.3 Å². The molecule has 6 atom stereocenters. The molecule has 47 heavy (non-hydrogen) atoms. The fourth-order valence-electron chi connectivity index (χ4n) is 9.31. The molecule has 3 aromatic rings. The van der Waals surface area contributed by atoms with Crippen molar-refractivity contribution in [3.05, 3.63) is 59.6 Å². The zero-order valence-corrected chi connectivity index (χ0v) is 26.2. The maximum absolute atomic E-state index is 16.9. The van der Waals surface area contributed by atoms with Gasteiger partial charge in [-0.2, -0.15) is 10.5 Å². The number of amides is 1. The van der Waals surface area contributed by atoms with Gasteiger partial charge in [0.2, 0.25) is 11.8 Å². The largest absolute Gasteiger partial charge is 0.476 e. The van der Waals surface area contributed by atoms with Crippen LogP contribution in [0.25, 0.3) is 22.2 Å². The third-order valence-electron chi connectivity index (χ3n) is 11.6. The summed E-state index contributed by atoms with van der Waals surface area (Å²) in [4.78, 5) is 25.6. The quantitative estimate of drug-likeness (QED) is 0.278. The van der Waals surface area contributed by atoms with E-state index in [-0.39, 0.29) is 66.0 Å². The van der Waals surface area contributed by atoms with Crippen LogP contribution in [0.3, 0.4) is 0 Å². The molecule has 4 unspecified atom stereocenters. The van der Waals surface area contributed by atoms with Gasteiger partial charge in [0.1, 0.15) is 29.0 Å². The number of ether oxygens (including phenoxy) is 1. The summed E-state index contributed by atoms with van der Waals surface area (Å²) in [7, 11) is 0. The molecule has 4 fully saturated rings. The molecule has 5 aliphatic rings. The smallest absolute Gasteiger partial charge is 0.246 e. The Labute approximate surface area is 272 Å². The number of halogens is 2. The summed E-state index contributed by atoms with van der Waals surface area (Å²) >= 11 is 0. The Morgan fingerprint density at radius 3 is 2.94 bits per heavy atom. The minimum absolute atomic E-state index is 0.0235. The highest BCUT2D eigenvalue weighted by molar-refractivity contribution is 5.98. The summed E-state index contributed by atoms with van der Waals surface area (Å²) in [5.74, 6) is 0.430. The highest BCUT2D eigenvalue weighted by atomic mass is 19.1. The summed E-state index contributed by atoms with van der Waals surface area (Å²) in [6.45, 7) is 4.69. The van der Waals surface area contributed by atoms with Crippen LogP contribution in [0.15, 0.2) is 37.1 Å². The number of rotatable bonds is 7. The number of hydrogen-bond donors (Lipinski definition) is 0. The van der Waals surface area contributed by atoms with Gasteiger partial charge in [-0.25, -0.2) is 13.8 Å². The predicted octanol–water partition coefficient (Wildman–Crippen LogP) is 6.38. The van der Waals surface area contributed by atoms with Crippen molar-refractivity contribution in [2.45, 2.75) is 69.5 Å². The number of fused-ring (bicyclic) bond motifs is 5. The van der Waals surface area contributed by atoms with Gasteiger partial charge >= 0.3 is 0 Å². The van der Waals surface area contributed by atoms with Gasteiger partial charge in [0.25, 0.3) is 0 Å². The molecule has 10 heteroatoms. The van der Waals surface area contributed by atoms with Crippen molar-refractivity contribution < 1.29 is 18.3 Å². The molecule has 2 aromatic heterocycles. The topological polar surface area (TPSA) is 106 Å². The molecule has 8 nitrogen and oxygen atoms in total. The highest BCUT2D eigenvalue weighted by Crippen LogP contribution is 2.59. The van der Waals surface area contributed by atoms with Crippen molar-refractivity contribution in [1.82, 2.24) is 14.9 Å². The molecule has 0 N–H and O–H groups in total. The van der Waals surface area contributed by atoms with Gasteiger partial charge in [-0.15, -0.1) is 0 Å². The number of aromatic nitrogens is 2. The van der Waals surface area contributed by atoms with Crippen LogP contribution >= 0.6 is 0 Å². The maximum Gasteiger partial charge on any atom is 0.246 e. The molecular weight excluding hydrogens is 598 g/mol. The number of benzene rings is 1. The van der Waals surface area contributed by atoms with Gasteiger partial charge in [0.05, 0.1) is 30.8 Å². The fourth-order valence-corrected chi connectivity index (χ4v) is 9.31. The summed E-state index contributed by atoms with van der Waals surface area (Å²) in [5.41, 5.74) is 3.72. The molecule has 0 spiro atoms. The van der Waals surface area contributed by atoms with E-state index in [0.717, 1.165) is 37.7 Å². The number of pyridine rings is 2. The van der Waals surface area contributed by atoms with E-state index in [0.29, 0.717) is 42.3 Å². The standard InChI is InChI=1S/C37H36F2N6O2/c1-2-30(46)45-12-11-44(19-25(45)8-10-40)35-28(17-41)36(47-20-37-9-4-6-23(37)15-24(38)16-37)43-34-29(35)18-42-33(32(34)39)26-7-3-5-21-13-22-14-27(22)31(21)26/h2-3,5,7,18,22-25,27H,1,4,6,8-9,11-16,19-20H2/t22?,23?,24-,25-,27?,37?/m0/s1. The van der Waals surface area contributed by atoms with Crippen molar-refractivity contribution in [2.75, 3.05) is 31.1 Å². The second-order valence-corrected chi connectivity index (χ2v) is 14.1. The normalized spacial score (nSPS) is 28.7. The van der Waals surface area contributed by atoms with E-state index < -0.39 is 18.0 Å². The second kappa shape index (κ2) is 11.3. The van der Waals surface area contributed by atoms with E-state index in [2.05, 4.69) is 29.8 Å². The van der Waals surface area contributed by atoms with Crippen LogP contribution in [-0.4, -0.2) is 59.2 Å². The van der Waals surface area contributed by atoms with E-state index in [9.17, 15) is 19.7 Å². The number of anilines is 1. The summed E-state index contributed by atoms with van der Waals surface area (Å²) in [5, 5.41) is 20.6. The molecule has 0 bridgehead atoms. The third-order valence-corrected chi connectivity index (χ3v) is 11.6. The Morgan fingerprint density at radius 2 is 2.13 bits per heavy atom. The number of carbonyl (C=O) groups is 1. The van der Waals surface area contributed by atoms with Gasteiger partial charge < -0.3 is 14.5 Å². The third kappa shape index (κ3) is 4.75. The van der Waals surface area contributed by atoms with Crippen LogP contribution < -0.4 is 9.64 Å². The number of hydrogen-bond acceptors (Lipinski definition) is 7. The van der Waals surface area contributed by atoms with Gasteiger partial charge in [-0.05, 0) is 73.5 Å². The zero-order chi connectivity index (χ0) is 32.4. The maximum atomic E-state index is 16.9. The Balaban J connectivity index is 1.26. The summed E-state index contributed by atoms with van der Waals surface area (Å²) in [6, 6.07) is 9.98. The molecular formula is C37H36F2N6O2. The van der Waals surface area contributed by atoms with E-state index in [1.165, 1.54) is 17.2 Å². The van der Waals surface area contributed by atoms with E-state index in [1.54, 1.807) is 11.1 Å².